The normalized spacial score (nSPS) is 30.4. The quantitative estimate of drug-likeness (QED) is 0.781. The summed E-state index contributed by atoms with van der Waals surface area (Å²) in [5.74, 6) is 1.00. The number of methoxy groups -OCH3 is 1. The molecule has 2 heterocycles. The zero-order valence-electron chi connectivity index (χ0n) is 10.1. The molecular weight excluding hydrogens is 206 g/mol. The van der Waals surface area contributed by atoms with Crippen LogP contribution >= 0.6 is 0 Å². The summed E-state index contributed by atoms with van der Waals surface area (Å²) in [6, 6.07) is 0. The van der Waals surface area contributed by atoms with Crippen molar-refractivity contribution in [1.29, 1.82) is 0 Å². The van der Waals surface area contributed by atoms with Crippen LogP contribution in [0.3, 0.4) is 0 Å². The molecule has 2 atom stereocenters. The van der Waals surface area contributed by atoms with Crippen LogP contribution in [0.25, 0.3) is 0 Å². The fourth-order valence-corrected chi connectivity index (χ4v) is 3.17. The first-order valence-corrected chi connectivity index (χ1v) is 6.05. The van der Waals surface area contributed by atoms with Gasteiger partial charge in [0.2, 0.25) is 5.91 Å². The second kappa shape index (κ2) is 4.72. The monoisotopic (exact) mass is 227 g/mol. The van der Waals surface area contributed by atoms with Gasteiger partial charge < -0.3 is 14.8 Å². The number of carbonyl (C=O) groups is 1. The van der Waals surface area contributed by atoms with Gasteiger partial charge in [0.05, 0.1) is 0 Å². The first kappa shape index (κ1) is 11.9. The summed E-state index contributed by atoms with van der Waals surface area (Å²) in [6.45, 7) is 4.42. The highest BCUT2D eigenvalue weighted by molar-refractivity contribution is 5.80. The molecule has 1 amide bonds. The molecular formula is C12H21NO3. The molecule has 16 heavy (non-hydrogen) atoms. The zero-order valence-corrected chi connectivity index (χ0v) is 10.1. The molecule has 2 unspecified atom stereocenters. The van der Waals surface area contributed by atoms with Gasteiger partial charge in [-0.15, -0.1) is 0 Å². The average molecular weight is 227 g/mol. The third-order valence-electron chi connectivity index (χ3n) is 4.00. The number of ether oxygens (including phenoxy) is 2. The van der Waals surface area contributed by atoms with E-state index in [-0.39, 0.29) is 11.4 Å². The molecule has 2 fully saturated rings. The lowest BCUT2D eigenvalue weighted by Gasteiger charge is -2.40. The maximum Gasteiger partial charge on any atom is 0.220 e. The lowest BCUT2D eigenvalue weighted by molar-refractivity contribution is -0.120. The van der Waals surface area contributed by atoms with E-state index in [1.807, 2.05) is 0 Å². The minimum Gasteiger partial charge on any atom is -0.384 e. The second-order valence-electron chi connectivity index (χ2n) is 5.06. The first-order chi connectivity index (χ1) is 7.68. The SMILES string of the molecule is COCC(C)C1CC(=O)NC12CCOCC2. The first-order valence-electron chi connectivity index (χ1n) is 6.05. The van der Waals surface area contributed by atoms with E-state index < -0.39 is 0 Å². The summed E-state index contributed by atoms with van der Waals surface area (Å²) < 4.78 is 10.6. The minimum atomic E-state index is -0.0206. The largest absolute Gasteiger partial charge is 0.384 e. The van der Waals surface area contributed by atoms with Crippen molar-refractivity contribution in [3.63, 3.8) is 0 Å². The van der Waals surface area contributed by atoms with Crippen LogP contribution < -0.4 is 5.32 Å². The summed E-state index contributed by atoms with van der Waals surface area (Å²) >= 11 is 0. The van der Waals surface area contributed by atoms with E-state index in [9.17, 15) is 4.79 Å². The molecule has 2 aliphatic rings. The Kier molecular flexibility index (Phi) is 3.50. The van der Waals surface area contributed by atoms with Gasteiger partial charge in [0.25, 0.3) is 0 Å². The van der Waals surface area contributed by atoms with Crippen LogP contribution in [0.15, 0.2) is 0 Å². The van der Waals surface area contributed by atoms with Gasteiger partial charge in [-0.05, 0) is 24.7 Å². The Hall–Kier alpha value is -0.610. The molecule has 4 nitrogen and oxygen atoms in total. The van der Waals surface area contributed by atoms with E-state index in [4.69, 9.17) is 9.47 Å². The molecule has 2 saturated heterocycles. The summed E-state index contributed by atoms with van der Waals surface area (Å²) in [5.41, 5.74) is -0.0206. The van der Waals surface area contributed by atoms with Crippen molar-refractivity contribution in [2.45, 2.75) is 31.7 Å². The van der Waals surface area contributed by atoms with Crippen molar-refractivity contribution < 1.29 is 14.3 Å². The van der Waals surface area contributed by atoms with E-state index in [1.54, 1.807) is 7.11 Å². The van der Waals surface area contributed by atoms with Crippen molar-refractivity contribution in [3.05, 3.63) is 0 Å². The molecule has 2 aliphatic heterocycles. The molecule has 0 radical (unpaired) electrons. The molecule has 4 heteroatoms. The van der Waals surface area contributed by atoms with Gasteiger partial charge in [-0.1, -0.05) is 6.92 Å². The Morgan fingerprint density at radius 2 is 2.25 bits per heavy atom. The summed E-state index contributed by atoms with van der Waals surface area (Å²) in [7, 11) is 1.72. The number of carbonyl (C=O) groups excluding carboxylic acids is 1. The Labute approximate surface area is 96.7 Å². The minimum absolute atomic E-state index is 0.0206. The van der Waals surface area contributed by atoms with Gasteiger partial charge >= 0.3 is 0 Å². The van der Waals surface area contributed by atoms with Crippen LogP contribution in [0.2, 0.25) is 0 Å². The van der Waals surface area contributed by atoms with Crippen molar-refractivity contribution in [2.75, 3.05) is 26.9 Å². The van der Waals surface area contributed by atoms with E-state index in [0.717, 1.165) is 32.7 Å². The predicted octanol–water partition coefficient (Wildman–Crippen LogP) is 0.954. The smallest absolute Gasteiger partial charge is 0.220 e. The van der Waals surface area contributed by atoms with Crippen LogP contribution in [-0.2, 0) is 14.3 Å². The third kappa shape index (κ3) is 2.09. The Morgan fingerprint density at radius 3 is 2.88 bits per heavy atom. The van der Waals surface area contributed by atoms with E-state index in [1.165, 1.54) is 0 Å². The molecule has 1 spiro atoms. The highest BCUT2D eigenvalue weighted by Gasteiger charge is 2.49. The predicted molar refractivity (Wildman–Crippen MR) is 60.1 cm³/mol. The topological polar surface area (TPSA) is 47.6 Å². The molecule has 0 aromatic heterocycles. The fraction of sp³-hybridized carbons (Fsp3) is 0.917. The number of hydrogen-bond acceptors (Lipinski definition) is 3. The van der Waals surface area contributed by atoms with Crippen LogP contribution in [0.5, 0.6) is 0 Å². The Balaban J connectivity index is 2.11. The lowest BCUT2D eigenvalue weighted by Crippen LogP contribution is -2.52. The van der Waals surface area contributed by atoms with E-state index >= 15 is 0 Å². The molecule has 0 saturated carbocycles. The van der Waals surface area contributed by atoms with Crippen molar-refractivity contribution in [3.8, 4) is 0 Å². The highest BCUT2D eigenvalue weighted by atomic mass is 16.5. The highest BCUT2D eigenvalue weighted by Crippen LogP contribution is 2.40. The second-order valence-corrected chi connectivity index (χ2v) is 5.06. The average Bonchev–Trinajstić information content (AvgIpc) is 2.57. The van der Waals surface area contributed by atoms with Crippen LogP contribution in [0.1, 0.15) is 26.2 Å². The molecule has 0 bridgehead atoms. The summed E-state index contributed by atoms with van der Waals surface area (Å²) in [4.78, 5) is 11.6. The fourth-order valence-electron chi connectivity index (χ4n) is 3.17. The molecule has 2 rings (SSSR count). The summed E-state index contributed by atoms with van der Waals surface area (Å²) in [6.07, 6.45) is 2.53. The van der Waals surface area contributed by atoms with Gasteiger partial charge in [-0.2, -0.15) is 0 Å². The molecule has 0 aromatic carbocycles. The molecule has 0 aromatic rings. The van der Waals surface area contributed by atoms with Gasteiger partial charge in [-0.25, -0.2) is 0 Å². The number of amides is 1. The van der Waals surface area contributed by atoms with Crippen LogP contribution in [-0.4, -0.2) is 38.4 Å². The van der Waals surface area contributed by atoms with Crippen molar-refractivity contribution in [1.82, 2.24) is 5.32 Å². The van der Waals surface area contributed by atoms with Gasteiger partial charge in [0, 0.05) is 38.9 Å². The van der Waals surface area contributed by atoms with Crippen molar-refractivity contribution in [2.24, 2.45) is 11.8 Å². The molecule has 1 N–H and O–H groups in total. The van der Waals surface area contributed by atoms with E-state index in [2.05, 4.69) is 12.2 Å². The summed E-state index contributed by atoms with van der Waals surface area (Å²) in [5, 5.41) is 3.18. The Morgan fingerprint density at radius 1 is 1.56 bits per heavy atom. The number of rotatable bonds is 3. The number of hydrogen-bond donors (Lipinski definition) is 1. The van der Waals surface area contributed by atoms with E-state index in [0.29, 0.717) is 18.3 Å². The zero-order chi connectivity index (χ0) is 11.6. The standard InChI is InChI=1S/C12H21NO3/c1-9(8-15-2)10-7-11(14)13-12(10)3-5-16-6-4-12/h9-10H,3-8H2,1-2H3,(H,13,14). The van der Waals surface area contributed by atoms with Gasteiger partial charge in [0.1, 0.15) is 0 Å². The maximum atomic E-state index is 11.6. The maximum absolute atomic E-state index is 11.6. The molecule has 0 aliphatic carbocycles. The van der Waals surface area contributed by atoms with Gasteiger partial charge in [0.15, 0.2) is 0 Å². The molecule has 92 valence electrons. The Bertz CT molecular complexity index is 261. The lowest BCUT2D eigenvalue weighted by atomic mass is 9.73. The van der Waals surface area contributed by atoms with Crippen LogP contribution in [0.4, 0.5) is 0 Å². The van der Waals surface area contributed by atoms with Crippen LogP contribution in [0, 0.1) is 11.8 Å². The van der Waals surface area contributed by atoms with Crippen molar-refractivity contribution >= 4 is 5.91 Å². The number of nitrogens with one attached hydrogen (secondary N) is 1. The third-order valence-corrected chi connectivity index (χ3v) is 4.00. The van der Waals surface area contributed by atoms with Gasteiger partial charge in [-0.3, -0.25) is 4.79 Å².